The molecule has 4 rings (SSSR count). The molecule has 1 heterocycles. The highest BCUT2D eigenvalue weighted by Gasteiger charge is 2.18. The fraction of sp³-hybridized carbons (Fsp3) is 0.185. The van der Waals surface area contributed by atoms with Crippen molar-refractivity contribution in [3.63, 3.8) is 0 Å². The Balaban J connectivity index is 1.55. The van der Waals surface area contributed by atoms with Gasteiger partial charge in [-0.1, -0.05) is 18.2 Å². The monoisotopic (exact) mass is 458 g/mol. The van der Waals surface area contributed by atoms with Crippen LogP contribution in [0.3, 0.4) is 0 Å². The summed E-state index contributed by atoms with van der Waals surface area (Å²) in [5.41, 5.74) is 5.19. The molecule has 3 aromatic carbocycles. The van der Waals surface area contributed by atoms with Crippen LogP contribution in [0.15, 0.2) is 65.3 Å². The molecular weight excluding hydrogens is 432 g/mol. The fourth-order valence-electron chi connectivity index (χ4n) is 3.72. The summed E-state index contributed by atoms with van der Waals surface area (Å²) in [6.45, 7) is 4.05. The summed E-state index contributed by atoms with van der Waals surface area (Å²) in [7, 11) is 2.99. The van der Waals surface area contributed by atoms with Gasteiger partial charge in [0.15, 0.2) is 0 Å². The number of hydrogen-bond donors (Lipinski definition) is 2. The van der Waals surface area contributed by atoms with Crippen molar-refractivity contribution in [2.75, 3.05) is 24.9 Å². The number of amides is 2. The zero-order valence-electron chi connectivity index (χ0n) is 19.5. The fourth-order valence-corrected chi connectivity index (χ4v) is 3.72. The van der Waals surface area contributed by atoms with Gasteiger partial charge < -0.3 is 24.5 Å². The van der Waals surface area contributed by atoms with E-state index in [0.717, 1.165) is 27.7 Å². The Morgan fingerprint density at radius 2 is 1.47 bits per heavy atom. The average molecular weight is 459 g/mol. The zero-order chi connectivity index (χ0) is 24.2. The summed E-state index contributed by atoms with van der Waals surface area (Å²) in [5.74, 6) is 0.263. The predicted octanol–water partition coefficient (Wildman–Crippen LogP) is 5.50. The van der Waals surface area contributed by atoms with Gasteiger partial charge in [-0.3, -0.25) is 9.59 Å². The second-order valence-corrected chi connectivity index (χ2v) is 7.99. The van der Waals surface area contributed by atoms with Gasteiger partial charge in [0, 0.05) is 28.6 Å². The first-order valence-electron chi connectivity index (χ1n) is 10.8. The van der Waals surface area contributed by atoms with Crippen molar-refractivity contribution in [1.82, 2.24) is 0 Å². The number of hydrogen-bond acceptors (Lipinski definition) is 5. The molecule has 34 heavy (non-hydrogen) atoms. The topological polar surface area (TPSA) is 89.8 Å². The standard InChI is InChI=1S/C27H26N2O5/c1-16-10-20-19(15-34-23(20)11-17(16)2)12-26(30)28-21-13-25(33-4)22(14-24(21)32-3)29-27(31)18-8-6-5-7-9-18/h5-11,13-15H,12H2,1-4H3,(H,28,30)(H,29,31). The second kappa shape index (κ2) is 9.70. The minimum absolute atomic E-state index is 0.132. The molecule has 0 aliphatic heterocycles. The average Bonchev–Trinajstić information content (AvgIpc) is 3.21. The minimum Gasteiger partial charge on any atom is -0.494 e. The first-order chi connectivity index (χ1) is 16.4. The van der Waals surface area contributed by atoms with Crippen LogP contribution in [0.1, 0.15) is 27.0 Å². The van der Waals surface area contributed by atoms with Gasteiger partial charge in [0.1, 0.15) is 17.1 Å². The van der Waals surface area contributed by atoms with Crippen LogP contribution in [0.5, 0.6) is 11.5 Å². The van der Waals surface area contributed by atoms with Crippen molar-refractivity contribution < 1.29 is 23.5 Å². The molecule has 0 saturated heterocycles. The van der Waals surface area contributed by atoms with Crippen molar-refractivity contribution in [1.29, 1.82) is 0 Å². The molecule has 0 spiro atoms. The molecule has 0 atom stereocenters. The van der Waals surface area contributed by atoms with E-state index in [-0.39, 0.29) is 18.2 Å². The summed E-state index contributed by atoms with van der Waals surface area (Å²) in [5, 5.41) is 6.63. The van der Waals surface area contributed by atoms with Crippen LogP contribution in [0.2, 0.25) is 0 Å². The van der Waals surface area contributed by atoms with Crippen LogP contribution in [-0.4, -0.2) is 26.0 Å². The molecule has 2 N–H and O–H groups in total. The third-order valence-electron chi connectivity index (χ3n) is 5.70. The molecule has 174 valence electrons. The van der Waals surface area contributed by atoms with Gasteiger partial charge in [-0.25, -0.2) is 0 Å². The summed E-state index contributed by atoms with van der Waals surface area (Å²) in [4.78, 5) is 25.5. The Morgan fingerprint density at radius 3 is 2.12 bits per heavy atom. The van der Waals surface area contributed by atoms with Gasteiger partial charge in [0.05, 0.1) is 38.3 Å². The molecule has 1 aromatic heterocycles. The van der Waals surface area contributed by atoms with Gasteiger partial charge in [0.2, 0.25) is 5.91 Å². The molecule has 0 unspecified atom stereocenters. The van der Waals surface area contributed by atoms with Crippen molar-refractivity contribution in [2.45, 2.75) is 20.3 Å². The SMILES string of the molecule is COc1cc(NC(=O)c2ccccc2)c(OC)cc1NC(=O)Cc1coc2cc(C)c(C)cc12. The number of furan rings is 1. The maximum Gasteiger partial charge on any atom is 0.255 e. The third-order valence-corrected chi connectivity index (χ3v) is 5.70. The maximum atomic E-state index is 12.9. The second-order valence-electron chi connectivity index (χ2n) is 7.99. The number of aryl methyl sites for hydroxylation is 2. The van der Waals surface area contributed by atoms with Crippen LogP contribution in [0.4, 0.5) is 11.4 Å². The van der Waals surface area contributed by atoms with E-state index in [0.29, 0.717) is 28.4 Å². The highest BCUT2D eigenvalue weighted by molar-refractivity contribution is 6.05. The van der Waals surface area contributed by atoms with Crippen LogP contribution in [-0.2, 0) is 11.2 Å². The lowest BCUT2D eigenvalue weighted by Crippen LogP contribution is -2.16. The Bertz CT molecular complexity index is 1360. The zero-order valence-corrected chi connectivity index (χ0v) is 19.5. The van der Waals surface area contributed by atoms with Crippen molar-refractivity contribution in [2.24, 2.45) is 0 Å². The lowest BCUT2D eigenvalue weighted by Gasteiger charge is -2.16. The number of rotatable bonds is 7. The van der Waals surface area contributed by atoms with E-state index >= 15 is 0 Å². The molecule has 0 aliphatic rings. The van der Waals surface area contributed by atoms with Crippen molar-refractivity contribution in [3.8, 4) is 11.5 Å². The number of carbonyl (C=O) groups is 2. The molecule has 0 aliphatic carbocycles. The Hall–Kier alpha value is -4.26. The highest BCUT2D eigenvalue weighted by Crippen LogP contribution is 2.37. The number of ether oxygens (including phenoxy) is 2. The first-order valence-corrected chi connectivity index (χ1v) is 10.8. The number of methoxy groups -OCH3 is 2. The molecule has 0 fully saturated rings. The Labute approximate surface area is 197 Å². The van der Waals surface area contributed by atoms with Crippen molar-refractivity contribution in [3.05, 3.63) is 83.1 Å². The van der Waals surface area contributed by atoms with E-state index in [2.05, 4.69) is 10.6 Å². The normalized spacial score (nSPS) is 10.7. The van der Waals surface area contributed by atoms with Gasteiger partial charge in [0.25, 0.3) is 5.91 Å². The minimum atomic E-state index is -0.282. The number of nitrogens with one attached hydrogen (secondary N) is 2. The predicted molar refractivity (Wildman–Crippen MR) is 132 cm³/mol. The van der Waals surface area contributed by atoms with E-state index in [1.807, 2.05) is 32.0 Å². The Morgan fingerprint density at radius 1 is 0.853 bits per heavy atom. The van der Waals surface area contributed by atoms with Gasteiger partial charge in [-0.2, -0.15) is 0 Å². The Kier molecular flexibility index (Phi) is 6.54. The number of anilines is 2. The molecule has 7 heteroatoms. The van der Waals surface area contributed by atoms with Crippen LogP contribution in [0, 0.1) is 13.8 Å². The van der Waals surface area contributed by atoms with E-state index < -0.39 is 0 Å². The molecule has 2 amide bonds. The summed E-state index contributed by atoms with van der Waals surface area (Å²) in [6, 6.07) is 16.1. The van der Waals surface area contributed by atoms with Crippen LogP contribution >= 0.6 is 0 Å². The van der Waals surface area contributed by atoms with Crippen LogP contribution in [0.25, 0.3) is 11.0 Å². The third kappa shape index (κ3) is 4.73. The quantitative estimate of drug-likeness (QED) is 0.382. The molecule has 4 aromatic rings. The molecule has 0 radical (unpaired) electrons. The summed E-state index contributed by atoms with van der Waals surface area (Å²) in [6.07, 6.45) is 1.75. The summed E-state index contributed by atoms with van der Waals surface area (Å²) < 4.78 is 16.6. The van der Waals surface area contributed by atoms with E-state index in [1.165, 1.54) is 14.2 Å². The number of fused-ring (bicyclic) bond motifs is 1. The first kappa shape index (κ1) is 22.9. The van der Waals surface area contributed by atoms with E-state index in [1.54, 1.807) is 42.7 Å². The lowest BCUT2D eigenvalue weighted by atomic mass is 10.0. The summed E-state index contributed by atoms with van der Waals surface area (Å²) >= 11 is 0. The largest absolute Gasteiger partial charge is 0.494 e. The van der Waals surface area contributed by atoms with Crippen LogP contribution < -0.4 is 20.1 Å². The molecule has 7 nitrogen and oxygen atoms in total. The molecule has 0 saturated carbocycles. The number of carbonyl (C=O) groups excluding carboxylic acids is 2. The van der Waals surface area contributed by atoms with Gasteiger partial charge in [-0.05, 0) is 49.2 Å². The molecular formula is C27H26N2O5. The number of benzene rings is 3. The van der Waals surface area contributed by atoms with Gasteiger partial charge in [-0.15, -0.1) is 0 Å². The maximum absolute atomic E-state index is 12.9. The van der Waals surface area contributed by atoms with E-state index in [9.17, 15) is 9.59 Å². The van der Waals surface area contributed by atoms with Crippen molar-refractivity contribution >= 4 is 34.2 Å². The van der Waals surface area contributed by atoms with Gasteiger partial charge >= 0.3 is 0 Å². The molecule has 0 bridgehead atoms. The highest BCUT2D eigenvalue weighted by atomic mass is 16.5. The smallest absolute Gasteiger partial charge is 0.255 e. The van der Waals surface area contributed by atoms with E-state index in [4.69, 9.17) is 13.9 Å². The lowest BCUT2D eigenvalue weighted by molar-refractivity contribution is -0.115.